The van der Waals surface area contributed by atoms with Crippen molar-refractivity contribution in [2.24, 2.45) is 5.41 Å². The van der Waals surface area contributed by atoms with Gasteiger partial charge in [-0.25, -0.2) is 14.0 Å². The Labute approximate surface area is 192 Å². The molecule has 0 aliphatic carbocycles. The molecule has 11 heteroatoms. The second-order valence-electron chi connectivity index (χ2n) is 8.93. The molecule has 2 unspecified atom stereocenters. The summed E-state index contributed by atoms with van der Waals surface area (Å²) in [4.78, 5) is 28.6. The van der Waals surface area contributed by atoms with Gasteiger partial charge in [-0.2, -0.15) is 0 Å². The van der Waals surface area contributed by atoms with Crippen LogP contribution < -0.4 is 15.1 Å². The van der Waals surface area contributed by atoms with Crippen LogP contribution in [0.5, 0.6) is 0 Å². The molecule has 2 fully saturated rings. The van der Waals surface area contributed by atoms with Crippen LogP contribution in [0.4, 0.5) is 25.4 Å². The van der Waals surface area contributed by atoms with E-state index in [4.69, 9.17) is 21.7 Å². The maximum absolute atomic E-state index is 15.1. The Balaban J connectivity index is 1.72. The lowest BCUT2D eigenvalue weighted by molar-refractivity contribution is 0.0747. The Morgan fingerprint density at radius 2 is 2.06 bits per heavy atom. The summed E-state index contributed by atoms with van der Waals surface area (Å²) in [5.41, 5.74) is 0.468. The number of nitrogens with zero attached hydrogens (tertiary/aromatic N) is 3. The third-order valence-corrected chi connectivity index (χ3v) is 6.05. The first kappa shape index (κ1) is 23.8. The zero-order valence-electron chi connectivity index (χ0n) is 18.6. The van der Waals surface area contributed by atoms with Gasteiger partial charge in [-0.05, 0) is 35.8 Å². The van der Waals surface area contributed by atoms with Crippen LogP contribution in [0.1, 0.15) is 20.8 Å². The van der Waals surface area contributed by atoms with Crippen LogP contribution in [0, 0.1) is 11.2 Å². The van der Waals surface area contributed by atoms with E-state index in [1.165, 1.54) is 23.0 Å². The maximum Gasteiger partial charge on any atom is 0.414 e. The number of cyclic esters (lactones) is 1. The lowest BCUT2D eigenvalue weighted by atomic mass is 9.84. The number of rotatable bonds is 4. The number of benzene rings is 1. The fourth-order valence-electron chi connectivity index (χ4n) is 4.00. The Morgan fingerprint density at radius 3 is 2.66 bits per heavy atom. The zero-order valence-corrected chi connectivity index (χ0v) is 19.4. The van der Waals surface area contributed by atoms with Crippen molar-refractivity contribution in [2.45, 2.75) is 32.9 Å². The number of thiocarbonyl (C=S) groups is 1. The minimum absolute atomic E-state index is 0.200. The molecule has 2 aliphatic heterocycles. The summed E-state index contributed by atoms with van der Waals surface area (Å²) in [5.74, 6) is -0.478. The molecule has 2 N–H and O–H groups in total. The van der Waals surface area contributed by atoms with Gasteiger partial charge in [-0.1, -0.05) is 20.8 Å². The molecule has 1 aromatic carbocycles. The molecule has 0 aromatic heterocycles. The fourth-order valence-corrected chi connectivity index (χ4v) is 4.08. The van der Waals surface area contributed by atoms with Crippen LogP contribution in [0.2, 0.25) is 0 Å². The number of halogens is 1. The van der Waals surface area contributed by atoms with E-state index >= 15 is 4.39 Å². The smallest absolute Gasteiger partial charge is 0.414 e. The van der Waals surface area contributed by atoms with E-state index in [0.717, 1.165) is 0 Å². The van der Waals surface area contributed by atoms with Gasteiger partial charge < -0.3 is 29.7 Å². The predicted molar refractivity (Wildman–Crippen MR) is 122 cm³/mol. The van der Waals surface area contributed by atoms with E-state index in [9.17, 15) is 14.7 Å². The summed E-state index contributed by atoms with van der Waals surface area (Å²) in [6, 6.07) is 4.32. The number of carboxylic acid groups (broad SMARTS) is 1. The molecule has 1 aromatic rings. The van der Waals surface area contributed by atoms with Crippen molar-refractivity contribution >= 4 is 41.0 Å². The van der Waals surface area contributed by atoms with Crippen molar-refractivity contribution in [3.05, 3.63) is 24.0 Å². The van der Waals surface area contributed by atoms with E-state index in [-0.39, 0.29) is 36.3 Å². The highest BCUT2D eigenvalue weighted by Crippen LogP contribution is 2.33. The number of hydrogen-bond donors (Lipinski definition) is 2. The summed E-state index contributed by atoms with van der Waals surface area (Å²) in [6.45, 7) is 7.51. The number of piperazine rings is 1. The van der Waals surface area contributed by atoms with Crippen LogP contribution in [0.3, 0.4) is 0 Å². The highest BCUT2D eigenvalue weighted by Gasteiger charge is 2.39. The van der Waals surface area contributed by atoms with Gasteiger partial charge in [-0.15, -0.1) is 0 Å². The number of carbonyl (C=O) groups is 2. The summed E-state index contributed by atoms with van der Waals surface area (Å²) in [7, 11) is 1.44. The second-order valence-corrected chi connectivity index (χ2v) is 9.30. The SMILES string of the molecule is COC(=S)NCC1CN(c2ccc(N3CCN(C(=O)O)C(C(C)(C)C)C3)c(F)c2)C(=O)O1. The molecule has 0 radical (unpaired) electrons. The van der Waals surface area contributed by atoms with Gasteiger partial charge in [0.25, 0.3) is 5.17 Å². The monoisotopic (exact) mass is 468 g/mol. The van der Waals surface area contributed by atoms with Crippen molar-refractivity contribution in [1.82, 2.24) is 10.2 Å². The molecular weight excluding hydrogens is 439 g/mol. The number of carbonyl (C=O) groups excluding carboxylic acids is 1. The Morgan fingerprint density at radius 1 is 1.34 bits per heavy atom. The molecular formula is C21H29FN4O5S. The Kier molecular flexibility index (Phi) is 6.97. The van der Waals surface area contributed by atoms with Gasteiger partial charge in [0.1, 0.15) is 11.9 Å². The maximum atomic E-state index is 15.1. The van der Waals surface area contributed by atoms with Crippen molar-refractivity contribution in [2.75, 3.05) is 49.6 Å². The van der Waals surface area contributed by atoms with Crippen molar-refractivity contribution in [3.8, 4) is 0 Å². The average molecular weight is 469 g/mol. The first-order chi connectivity index (χ1) is 15.0. The van der Waals surface area contributed by atoms with E-state index < -0.39 is 24.1 Å². The van der Waals surface area contributed by atoms with E-state index in [0.29, 0.717) is 24.5 Å². The molecule has 2 aliphatic rings. The van der Waals surface area contributed by atoms with Gasteiger partial charge >= 0.3 is 12.2 Å². The molecule has 0 spiro atoms. The number of anilines is 2. The lowest BCUT2D eigenvalue weighted by Crippen LogP contribution is -2.59. The average Bonchev–Trinajstić information content (AvgIpc) is 3.11. The van der Waals surface area contributed by atoms with Gasteiger partial charge in [0.05, 0.1) is 37.6 Å². The first-order valence-electron chi connectivity index (χ1n) is 10.3. The molecule has 2 amide bonds. The van der Waals surface area contributed by atoms with Crippen LogP contribution in [0.15, 0.2) is 18.2 Å². The van der Waals surface area contributed by atoms with Gasteiger partial charge in [0.15, 0.2) is 0 Å². The molecule has 0 saturated carbocycles. The second kappa shape index (κ2) is 9.35. The molecule has 2 heterocycles. The van der Waals surface area contributed by atoms with E-state index in [1.54, 1.807) is 12.1 Å². The minimum Gasteiger partial charge on any atom is -0.474 e. The van der Waals surface area contributed by atoms with Crippen LogP contribution in [-0.4, -0.2) is 79.3 Å². The van der Waals surface area contributed by atoms with E-state index in [2.05, 4.69) is 5.32 Å². The summed E-state index contributed by atoms with van der Waals surface area (Å²) in [5, 5.41) is 12.6. The molecule has 0 bridgehead atoms. The van der Waals surface area contributed by atoms with Crippen LogP contribution in [0.25, 0.3) is 0 Å². The number of nitrogens with one attached hydrogen (secondary N) is 1. The first-order valence-corrected chi connectivity index (χ1v) is 10.8. The van der Waals surface area contributed by atoms with Gasteiger partial charge in [0.2, 0.25) is 0 Å². The molecule has 2 saturated heterocycles. The summed E-state index contributed by atoms with van der Waals surface area (Å²) >= 11 is 4.91. The quantitative estimate of drug-likeness (QED) is 0.652. The van der Waals surface area contributed by atoms with Crippen LogP contribution >= 0.6 is 12.2 Å². The fraction of sp³-hybridized carbons (Fsp3) is 0.571. The predicted octanol–water partition coefficient (Wildman–Crippen LogP) is 2.89. The molecule has 3 rings (SSSR count). The van der Waals surface area contributed by atoms with Gasteiger partial charge in [-0.3, -0.25) is 4.90 Å². The van der Waals surface area contributed by atoms with Crippen molar-refractivity contribution in [1.29, 1.82) is 0 Å². The minimum atomic E-state index is -0.969. The third kappa shape index (κ3) is 5.14. The molecule has 9 nitrogen and oxygen atoms in total. The third-order valence-electron chi connectivity index (χ3n) is 5.74. The number of methoxy groups -OCH3 is 1. The van der Waals surface area contributed by atoms with Crippen molar-refractivity contribution in [3.63, 3.8) is 0 Å². The topological polar surface area (TPSA) is 94.6 Å². The van der Waals surface area contributed by atoms with Crippen LogP contribution in [-0.2, 0) is 9.47 Å². The number of amides is 2. The molecule has 32 heavy (non-hydrogen) atoms. The number of hydrogen-bond acceptors (Lipinski definition) is 6. The molecule has 2 atom stereocenters. The highest BCUT2D eigenvalue weighted by molar-refractivity contribution is 7.80. The van der Waals surface area contributed by atoms with E-state index in [1.807, 2.05) is 25.7 Å². The van der Waals surface area contributed by atoms with Crippen molar-refractivity contribution < 1.29 is 28.6 Å². The zero-order chi connectivity index (χ0) is 23.6. The van der Waals surface area contributed by atoms with Gasteiger partial charge in [0, 0.05) is 19.6 Å². The molecule has 176 valence electrons. The Hall–Kier alpha value is -2.82. The standard InChI is InChI=1S/C21H29FN4O5S/c1-21(2,3)17-12-24(7-8-25(17)19(27)28)16-6-5-13(9-15(16)22)26-11-14(31-20(26)29)10-23-18(32)30-4/h5-6,9,14,17H,7-8,10-12H2,1-4H3,(H,23,32)(H,27,28). The lowest BCUT2D eigenvalue weighted by Gasteiger charge is -2.46. The normalized spacial score (nSPS) is 21.4. The highest BCUT2D eigenvalue weighted by atomic mass is 32.1. The summed E-state index contributed by atoms with van der Waals surface area (Å²) < 4.78 is 25.3. The number of ether oxygens (including phenoxy) is 2. The summed E-state index contributed by atoms with van der Waals surface area (Å²) in [6.07, 6.45) is -1.98. The Bertz CT molecular complexity index is 893. The largest absolute Gasteiger partial charge is 0.474 e.